The Balaban J connectivity index is 2.35. The first-order valence-electron chi connectivity index (χ1n) is 6.05. The molecule has 2 aromatic rings. The van der Waals surface area contributed by atoms with Gasteiger partial charge in [0.15, 0.2) is 0 Å². The number of carbonyl (C=O) groups is 1. The number of nitrogen functional groups attached to an aromatic ring is 1. The lowest BCUT2D eigenvalue weighted by atomic mass is 10.1. The van der Waals surface area contributed by atoms with Crippen molar-refractivity contribution in [2.24, 2.45) is 0 Å². The zero-order chi connectivity index (χ0) is 14.9. The minimum absolute atomic E-state index is 0.113. The van der Waals surface area contributed by atoms with Crippen molar-refractivity contribution in [1.29, 1.82) is 0 Å². The molecule has 2 rings (SSSR count). The van der Waals surface area contributed by atoms with Crippen molar-refractivity contribution in [1.82, 2.24) is 0 Å². The number of hydrogen-bond donors (Lipinski definition) is 3. The summed E-state index contributed by atoms with van der Waals surface area (Å²) in [7, 11) is 0. The number of phenolic OH excluding ortho intramolecular Hbond substituents is 1. The van der Waals surface area contributed by atoms with Gasteiger partial charge < -0.3 is 16.2 Å². The second-order valence-electron chi connectivity index (χ2n) is 4.65. The molecular formula is C15H15ClN2O2. The number of amides is 1. The molecule has 4 nitrogen and oxygen atoms in total. The van der Waals surface area contributed by atoms with Crippen molar-refractivity contribution in [3.05, 3.63) is 52.0 Å². The van der Waals surface area contributed by atoms with Crippen LogP contribution in [0.3, 0.4) is 0 Å². The third-order valence-electron chi connectivity index (χ3n) is 3.00. The third kappa shape index (κ3) is 2.86. The Hall–Kier alpha value is -2.20. The van der Waals surface area contributed by atoms with Crippen molar-refractivity contribution >= 4 is 28.9 Å². The van der Waals surface area contributed by atoms with Crippen LogP contribution in [0.5, 0.6) is 5.75 Å². The lowest BCUT2D eigenvalue weighted by molar-refractivity contribution is 0.102. The smallest absolute Gasteiger partial charge is 0.259 e. The fourth-order valence-corrected chi connectivity index (χ4v) is 2.24. The molecule has 20 heavy (non-hydrogen) atoms. The maximum Gasteiger partial charge on any atom is 0.259 e. The van der Waals surface area contributed by atoms with Gasteiger partial charge in [0.1, 0.15) is 5.75 Å². The Morgan fingerprint density at radius 2 is 1.80 bits per heavy atom. The molecule has 0 unspecified atom stereocenters. The van der Waals surface area contributed by atoms with E-state index in [-0.39, 0.29) is 11.3 Å². The number of nitrogens with two attached hydrogens (primary N) is 1. The Bertz CT molecular complexity index is 661. The van der Waals surface area contributed by atoms with Crippen LogP contribution in [-0.2, 0) is 0 Å². The van der Waals surface area contributed by atoms with Crippen molar-refractivity contribution in [2.45, 2.75) is 13.8 Å². The van der Waals surface area contributed by atoms with Crippen LogP contribution in [0.25, 0.3) is 0 Å². The van der Waals surface area contributed by atoms with E-state index in [1.54, 1.807) is 12.1 Å². The summed E-state index contributed by atoms with van der Waals surface area (Å²) in [5.41, 5.74) is 8.92. The Morgan fingerprint density at radius 3 is 2.40 bits per heavy atom. The maximum absolute atomic E-state index is 12.2. The first kappa shape index (κ1) is 14.2. The first-order chi connectivity index (χ1) is 9.38. The van der Waals surface area contributed by atoms with Gasteiger partial charge in [0.2, 0.25) is 0 Å². The second kappa shape index (κ2) is 5.43. The molecule has 0 atom stereocenters. The average Bonchev–Trinajstić information content (AvgIpc) is 2.36. The van der Waals surface area contributed by atoms with Crippen molar-refractivity contribution in [3.63, 3.8) is 0 Å². The molecule has 4 N–H and O–H groups in total. The van der Waals surface area contributed by atoms with Gasteiger partial charge in [0.05, 0.1) is 5.56 Å². The SMILES string of the molecule is Cc1cc(N)cc(C)c1NC(=O)c1cc(Cl)ccc1O. The summed E-state index contributed by atoms with van der Waals surface area (Å²) in [5.74, 6) is -0.529. The molecule has 0 aliphatic carbocycles. The average molecular weight is 291 g/mol. The number of halogens is 1. The summed E-state index contributed by atoms with van der Waals surface area (Å²) in [4.78, 5) is 12.2. The van der Waals surface area contributed by atoms with E-state index in [0.29, 0.717) is 16.4 Å². The fourth-order valence-electron chi connectivity index (χ4n) is 2.07. The highest BCUT2D eigenvalue weighted by Crippen LogP contribution is 2.26. The summed E-state index contributed by atoms with van der Waals surface area (Å²) in [5, 5.41) is 12.9. The van der Waals surface area contributed by atoms with E-state index in [1.807, 2.05) is 13.8 Å². The zero-order valence-corrected chi connectivity index (χ0v) is 12.0. The summed E-state index contributed by atoms with van der Waals surface area (Å²) < 4.78 is 0. The van der Waals surface area contributed by atoms with Gasteiger partial charge in [0.25, 0.3) is 5.91 Å². The van der Waals surface area contributed by atoms with Crippen LogP contribution in [-0.4, -0.2) is 11.0 Å². The van der Waals surface area contributed by atoms with Crippen molar-refractivity contribution in [2.75, 3.05) is 11.1 Å². The number of hydrogen-bond acceptors (Lipinski definition) is 3. The van der Waals surface area contributed by atoms with Gasteiger partial charge in [-0.25, -0.2) is 0 Å². The molecule has 0 bridgehead atoms. The van der Waals surface area contributed by atoms with Crippen molar-refractivity contribution < 1.29 is 9.90 Å². The van der Waals surface area contributed by atoms with Gasteiger partial charge in [-0.1, -0.05) is 11.6 Å². The normalized spacial score (nSPS) is 10.3. The molecule has 0 radical (unpaired) electrons. The van der Waals surface area contributed by atoms with Crippen LogP contribution in [0.4, 0.5) is 11.4 Å². The van der Waals surface area contributed by atoms with Crippen LogP contribution < -0.4 is 11.1 Å². The number of phenols is 1. The minimum Gasteiger partial charge on any atom is -0.507 e. The van der Waals surface area contributed by atoms with Gasteiger partial charge in [0, 0.05) is 16.4 Å². The largest absolute Gasteiger partial charge is 0.507 e. The van der Waals surface area contributed by atoms with E-state index in [1.165, 1.54) is 18.2 Å². The number of benzene rings is 2. The highest BCUT2D eigenvalue weighted by molar-refractivity contribution is 6.31. The number of aromatic hydroxyl groups is 1. The molecule has 0 aliphatic rings. The van der Waals surface area contributed by atoms with Gasteiger partial charge in [-0.05, 0) is 55.3 Å². The molecule has 0 saturated heterocycles. The third-order valence-corrected chi connectivity index (χ3v) is 3.23. The molecule has 5 heteroatoms. The summed E-state index contributed by atoms with van der Waals surface area (Å²) in [6.45, 7) is 3.72. The maximum atomic E-state index is 12.2. The lowest BCUT2D eigenvalue weighted by Crippen LogP contribution is -2.14. The molecule has 0 spiro atoms. The predicted molar refractivity (Wildman–Crippen MR) is 81.4 cm³/mol. The standard InChI is InChI=1S/C15H15ClN2O2/c1-8-5-11(17)6-9(2)14(8)18-15(20)12-7-10(16)3-4-13(12)19/h3-7,19H,17H2,1-2H3,(H,18,20). The van der Waals surface area contributed by atoms with E-state index >= 15 is 0 Å². The molecule has 0 aromatic heterocycles. The van der Waals surface area contributed by atoms with Crippen LogP contribution in [0.1, 0.15) is 21.5 Å². The highest BCUT2D eigenvalue weighted by Gasteiger charge is 2.14. The molecule has 0 heterocycles. The van der Waals surface area contributed by atoms with E-state index in [4.69, 9.17) is 17.3 Å². The van der Waals surface area contributed by atoms with E-state index in [0.717, 1.165) is 11.1 Å². The fraction of sp³-hybridized carbons (Fsp3) is 0.133. The molecule has 0 aliphatic heterocycles. The van der Waals surface area contributed by atoms with Crippen molar-refractivity contribution in [3.8, 4) is 5.75 Å². The summed E-state index contributed by atoms with van der Waals surface area (Å²) >= 11 is 5.84. The monoisotopic (exact) mass is 290 g/mol. The molecule has 104 valence electrons. The number of anilines is 2. The summed E-state index contributed by atoms with van der Waals surface area (Å²) in [6.07, 6.45) is 0. The lowest BCUT2D eigenvalue weighted by Gasteiger charge is -2.13. The molecule has 1 amide bonds. The Kier molecular flexibility index (Phi) is 3.86. The Labute approximate surface area is 122 Å². The van der Waals surface area contributed by atoms with Gasteiger partial charge in [-0.2, -0.15) is 0 Å². The van der Waals surface area contributed by atoms with E-state index in [9.17, 15) is 9.90 Å². The van der Waals surface area contributed by atoms with E-state index < -0.39 is 5.91 Å². The first-order valence-corrected chi connectivity index (χ1v) is 6.43. The molecule has 0 fully saturated rings. The van der Waals surface area contributed by atoms with Crippen LogP contribution in [0.15, 0.2) is 30.3 Å². The predicted octanol–water partition coefficient (Wildman–Crippen LogP) is 3.50. The topological polar surface area (TPSA) is 75.3 Å². The van der Waals surface area contributed by atoms with Gasteiger partial charge in [-0.15, -0.1) is 0 Å². The number of carbonyl (C=O) groups excluding carboxylic acids is 1. The van der Waals surface area contributed by atoms with Gasteiger partial charge in [-0.3, -0.25) is 4.79 Å². The van der Waals surface area contributed by atoms with Crippen LogP contribution in [0.2, 0.25) is 5.02 Å². The van der Waals surface area contributed by atoms with E-state index in [2.05, 4.69) is 5.32 Å². The molecule has 2 aromatic carbocycles. The van der Waals surface area contributed by atoms with Crippen LogP contribution in [0, 0.1) is 13.8 Å². The van der Waals surface area contributed by atoms with Gasteiger partial charge >= 0.3 is 0 Å². The minimum atomic E-state index is -0.416. The quantitative estimate of drug-likeness (QED) is 0.741. The number of nitrogens with one attached hydrogen (secondary N) is 1. The molecular weight excluding hydrogens is 276 g/mol. The zero-order valence-electron chi connectivity index (χ0n) is 11.2. The molecule has 0 saturated carbocycles. The summed E-state index contributed by atoms with van der Waals surface area (Å²) in [6, 6.07) is 7.89. The highest BCUT2D eigenvalue weighted by atomic mass is 35.5. The second-order valence-corrected chi connectivity index (χ2v) is 5.08. The number of rotatable bonds is 2. The van der Waals surface area contributed by atoms with Crippen LogP contribution >= 0.6 is 11.6 Å². The number of aryl methyl sites for hydroxylation is 2. The Morgan fingerprint density at radius 1 is 1.20 bits per heavy atom.